The molecule has 0 radical (unpaired) electrons. The normalized spacial score (nSPS) is 38.0. The van der Waals surface area contributed by atoms with Crippen LogP contribution in [0.1, 0.15) is 25.0 Å². The molecule has 4 fully saturated rings. The molecule has 0 spiro atoms. The van der Waals surface area contributed by atoms with Gasteiger partial charge in [-0.05, 0) is 56.0 Å². The standard InChI is InChI=1S/C41H60Cl3N9O14/c42-16-5-17(43)8-21(7-16)61-22-9-18(44)6-20(10-22)60-4-2-1-3-19-14-53(52-51-19)15-27-37(66-40-29(50)34(58)32(56)26(13-46)63-40)35(59)41(64-27)67-38-30(54)23(47)11-24(48)36(38)65-39-28(49)33(57)31(55)25(12-45)62-39/h5-10,14,23-41,54-59H,1-4,11-13,15,45-50H2/t23-,24+,25-,26+,27-,28-,29-,30+,31-,32-,33-,34-,35-,36-,37-,38-,39-,40-,41+/m1/s1. The Kier molecular flexibility index (Phi) is 17.9. The quantitative estimate of drug-likeness (QED) is 0.0589. The van der Waals surface area contributed by atoms with E-state index in [1.54, 1.807) is 42.6 Å². The Hall–Kier alpha value is -2.67. The number of benzene rings is 2. The highest BCUT2D eigenvalue weighted by molar-refractivity contribution is 6.34. The number of nitrogens with two attached hydrogens (primary N) is 6. The number of rotatable bonds is 18. The molecule has 0 amide bonds. The molecule has 7 rings (SSSR count). The highest BCUT2D eigenvalue weighted by atomic mass is 35.5. The van der Waals surface area contributed by atoms with Crippen molar-refractivity contribution < 1.29 is 68.5 Å². The van der Waals surface area contributed by atoms with Gasteiger partial charge in [0.1, 0.15) is 84.4 Å². The van der Waals surface area contributed by atoms with Crippen LogP contribution in [-0.2, 0) is 41.4 Å². The zero-order valence-corrected chi connectivity index (χ0v) is 38.3. The van der Waals surface area contributed by atoms with E-state index in [1.807, 2.05) is 0 Å². The summed E-state index contributed by atoms with van der Waals surface area (Å²) in [7, 11) is 0. The number of nitrogens with zero attached hydrogens (tertiary/aromatic N) is 3. The number of halogens is 3. The van der Waals surface area contributed by atoms with Gasteiger partial charge in [-0.3, -0.25) is 0 Å². The Morgan fingerprint density at radius 3 is 1.75 bits per heavy atom. The van der Waals surface area contributed by atoms with Crippen molar-refractivity contribution in [1.29, 1.82) is 0 Å². The SMILES string of the molecule is NC[C@@H]1O[C@H](O[C@H]2[C@@H](O)[C@H](O[C@@H]3[C@@H](O)[C@H](N)C[C@H](N)[C@H]3O[C@H]3O[C@H](CN)[C@@H](O)[C@H](O)[C@H]3N)O[C@@H]2Cn2cc(CCCCOc3cc(Cl)cc(Oc4cc(Cl)cc(Cl)c4)c3)nn2)[C@H](N)[C@@H](O)[C@@H]1O. The lowest BCUT2D eigenvalue weighted by Crippen LogP contribution is -2.68. The highest BCUT2D eigenvalue weighted by Crippen LogP contribution is 2.36. The van der Waals surface area contributed by atoms with Crippen LogP contribution in [0.15, 0.2) is 42.6 Å². The average Bonchev–Trinajstić information content (AvgIpc) is 3.85. The van der Waals surface area contributed by atoms with Crippen molar-refractivity contribution in [2.45, 2.75) is 149 Å². The van der Waals surface area contributed by atoms with Crippen LogP contribution in [0.25, 0.3) is 0 Å². The second-order valence-electron chi connectivity index (χ2n) is 17.1. The lowest BCUT2D eigenvalue weighted by atomic mass is 9.84. The molecule has 26 heteroatoms. The van der Waals surface area contributed by atoms with Crippen molar-refractivity contribution in [3.05, 3.63) is 63.4 Å². The van der Waals surface area contributed by atoms with Crippen LogP contribution in [0, 0.1) is 0 Å². The molecule has 2 aromatic carbocycles. The minimum absolute atomic E-state index is 0.0661. The summed E-state index contributed by atoms with van der Waals surface area (Å²) < 4.78 is 49.9. The van der Waals surface area contributed by atoms with E-state index < -0.39 is 116 Å². The summed E-state index contributed by atoms with van der Waals surface area (Å²) in [4.78, 5) is 0. The summed E-state index contributed by atoms with van der Waals surface area (Å²) in [5.41, 5.74) is 37.4. The van der Waals surface area contributed by atoms with Crippen LogP contribution >= 0.6 is 34.8 Å². The monoisotopic (exact) mass is 1010 g/mol. The van der Waals surface area contributed by atoms with Crippen molar-refractivity contribution in [1.82, 2.24) is 15.0 Å². The Balaban J connectivity index is 1.01. The van der Waals surface area contributed by atoms with Crippen molar-refractivity contribution in [2.75, 3.05) is 19.7 Å². The van der Waals surface area contributed by atoms with Crippen molar-refractivity contribution in [3.63, 3.8) is 0 Å². The molecule has 3 aliphatic heterocycles. The van der Waals surface area contributed by atoms with Crippen LogP contribution < -0.4 is 43.9 Å². The molecule has 0 unspecified atom stereocenters. The van der Waals surface area contributed by atoms with E-state index in [0.29, 0.717) is 63.9 Å². The van der Waals surface area contributed by atoms with Gasteiger partial charge in [0.05, 0.1) is 37.0 Å². The summed E-state index contributed by atoms with van der Waals surface area (Å²) >= 11 is 18.5. The fourth-order valence-electron chi connectivity index (χ4n) is 8.47. The molecule has 1 aromatic heterocycles. The zero-order valence-electron chi connectivity index (χ0n) is 36.1. The number of aryl methyl sites for hydroxylation is 1. The average molecular weight is 1010 g/mol. The number of hydrogen-bond acceptors (Lipinski definition) is 22. The van der Waals surface area contributed by atoms with Gasteiger partial charge >= 0.3 is 0 Å². The fraction of sp³-hybridized carbons (Fsp3) is 0.659. The summed E-state index contributed by atoms with van der Waals surface area (Å²) in [5.74, 6) is 1.37. The Morgan fingerprint density at radius 1 is 0.597 bits per heavy atom. The number of aliphatic hydroxyl groups excluding tert-OH is 6. The molecule has 4 heterocycles. The lowest BCUT2D eigenvalue weighted by Gasteiger charge is -2.47. The molecule has 1 aliphatic carbocycles. The number of unbranched alkanes of at least 4 members (excludes halogenated alkanes) is 1. The molecule has 67 heavy (non-hydrogen) atoms. The van der Waals surface area contributed by atoms with E-state index in [2.05, 4.69) is 10.3 Å². The number of hydrogen-bond donors (Lipinski definition) is 12. The molecule has 374 valence electrons. The van der Waals surface area contributed by atoms with Crippen LogP contribution in [0.2, 0.25) is 15.1 Å². The van der Waals surface area contributed by atoms with Gasteiger partial charge in [-0.1, -0.05) is 40.0 Å². The molecule has 23 nitrogen and oxygen atoms in total. The maximum absolute atomic E-state index is 11.9. The Labute approximate surface area is 400 Å². The summed E-state index contributed by atoms with van der Waals surface area (Å²) in [6.07, 6.45) is -16.6. The van der Waals surface area contributed by atoms with Crippen molar-refractivity contribution >= 4 is 34.8 Å². The molecular formula is C41H60Cl3N9O14. The van der Waals surface area contributed by atoms with E-state index in [1.165, 1.54) is 4.68 Å². The predicted molar refractivity (Wildman–Crippen MR) is 238 cm³/mol. The summed E-state index contributed by atoms with van der Waals surface area (Å²) in [5, 5.41) is 75.3. The molecule has 0 bridgehead atoms. The minimum Gasteiger partial charge on any atom is -0.493 e. The number of ether oxygens (including phenoxy) is 8. The second-order valence-corrected chi connectivity index (χ2v) is 18.4. The van der Waals surface area contributed by atoms with Crippen LogP contribution in [0.3, 0.4) is 0 Å². The van der Waals surface area contributed by atoms with Gasteiger partial charge in [-0.2, -0.15) is 0 Å². The maximum atomic E-state index is 11.9. The summed E-state index contributed by atoms with van der Waals surface area (Å²) in [6, 6.07) is 5.51. The first-order valence-corrected chi connectivity index (χ1v) is 23.0. The fourth-order valence-corrected chi connectivity index (χ4v) is 9.19. The number of aromatic nitrogens is 3. The van der Waals surface area contributed by atoms with Gasteiger partial charge in [-0.25, -0.2) is 4.68 Å². The second kappa shape index (κ2) is 23.0. The van der Waals surface area contributed by atoms with E-state index in [0.717, 1.165) is 0 Å². The zero-order chi connectivity index (χ0) is 48.3. The highest BCUT2D eigenvalue weighted by Gasteiger charge is 2.54. The third-order valence-corrected chi connectivity index (χ3v) is 12.8. The number of aliphatic hydroxyl groups is 6. The molecule has 1 saturated carbocycles. The van der Waals surface area contributed by atoms with Crippen molar-refractivity contribution in [3.8, 4) is 17.2 Å². The summed E-state index contributed by atoms with van der Waals surface area (Å²) in [6.45, 7) is -0.0780. The first-order chi connectivity index (χ1) is 31.9. The minimum atomic E-state index is -1.63. The van der Waals surface area contributed by atoms with Crippen LogP contribution in [0.5, 0.6) is 17.2 Å². The first kappa shape index (κ1) is 52.2. The molecule has 3 saturated heterocycles. The lowest BCUT2D eigenvalue weighted by molar-refractivity contribution is -0.306. The third-order valence-electron chi connectivity index (χ3n) is 12.2. The van der Waals surface area contributed by atoms with Crippen molar-refractivity contribution in [2.24, 2.45) is 34.4 Å². The topological polar surface area (TPSA) is 382 Å². The smallest absolute Gasteiger partial charge is 0.187 e. The molecule has 18 N–H and O–H groups in total. The van der Waals surface area contributed by atoms with E-state index >= 15 is 0 Å². The Bertz CT molecular complexity index is 2050. The van der Waals surface area contributed by atoms with Crippen LogP contribution in [-0.4, -0.2) is 182 Å². The molecule has 4 aliphatic rings. The van der Waals surface area contributed by atoms with Gasteiger partial charge in [0.2, 0.25) is 0 Å². The van der Waals surface area contributed by atoms with Crippen LogP contribution in [0.4, 0.5) is 0 Å². The molecule has 3 aromatic rings. The Morgan fingerprint density at radius 2 is 1.13 bits per heavy atom. The van der Waals surface area contributed by atoms with Gasteiger partial charge in [-0.15, -0.1) is 5.10 Å². The van der Waals surface area contributed by atoms with E-state index in [9.17, 15) is 30.6 Å². The third kappa shape index (κ3) is 12.4. The van der Waals surface area contributed by atoms with Gasteiger partial charge < -0.3 is 103 Å². The first-order valence-electron chi connectivity index (χ1n) is 21.8. The van der Waals surface area contributed by atoms with E-state index in [4.69, 9.17) is 107 Å². The predicted octanol–water partition coefficient (Wildman–Crippen LogP) is -2.44. The van der Waals surface area contributed by atoms with Gasteiger partial charge in [0, 0.05) is 52.5 Å². The van der Waals surface area contributed by atoms with Gasteiger partial charge in [0.25, 0.3) is 0 Å². The molecular weight excluding hydrogens is 949 g/mol. The van der Waals surface area contributed by atoms with Gasteiger partial charge in [0.15, 0.2) is 18.9 Å². The molecule has 19 atom stereocenters. The van der Waals surface area contributed by atoms with E-state index in [-0.39, 0.29) is 26.1 Å². The maximum Gasteiger partial charge on any atom is 0.187 e. The largest absolute Gasteiger partial charge is 0.493 e.